The lowest BCUT2D eigenvalue weighted by Crippen LogP contribution is -2.44. The minimum atomic E-state index is -1.02. The molecule has 1 aliphatic rings. The second-order valence-corrected chi connectivity index (χ2v) is 6.88. The molecule has 3 unspecified atom stereocenters. The normalized spacial score (nSPS) is 21.7. The summed E-state index contributed by atoms with van der Waals surface area (Å²) in [5, 5.41) is 12.5. The van der Waals surface area contributed by atoms with Crippen molar-refractivity contribution in [3.05, 3.63) is 24.3 Å². The Hall–Kier alpha value is -1.40. The van der Waals surface area contributed by atoms with Crippen LogP contribution in [0.15, 0.2) is 29.2 Å². The molecule has 1 heterocycles. The molecule has 2 N–H and O–H groups in total. The number of hydrogen-bond acceptors (Lipinski definition) is 3. The Kier molecular flexibility index (Phi) is 5.36. The first-order chi connectivity index (χ1) is 9.97. The Balaban J connectivity index is 1.96. The zero-order valence-corrected chi connectivity index (χ0v) is 13.2. The maximum atomic E-state index is 12.2. The number of piperidine rings is 1. The molecule has 1 aromatic rings. The van der Waals surface area contributed by atoms with E-state index in [0.717, 1.165) is 17.7 Å². The van der Waals surface area contributed by atoms with E-state index in [1.807, 2.05) is 0 Å². The Morgan fingerprint density at radius 2 is 2.10 bits per heavy atom. The highest BCUT2D eigenvalue weighted by Gasteiger charge is 2.26. The number of hydrogen-bond donors (Lipinski definition) is 2. The van der Waals surface area contributed by atoms with Crippen LogP contribution in [0.25, 0.3) is 0 Å². The molecule has 21 heavy (non-hydrogen) atoms. The second-order valence-electron chi connectivity index (χ2n) is 5.50. The maximum Gasteiger partial charge on any atom is 0.321 e. The van der Waals surface area contributed by atoms with E-state index in [9.17, 15) is 14.1 Å². The number of nitrogens with zero attached hydrogens (tertiary/aromatic N) is 1. The van der Waals surface area contributed by atoms with Gasteiger partial charge in [-0.1, -0.05) is 0 Å². The summed E-state index contributed by atoms with van der Waals surface area (Å²) in [4.78, 5) is 14.7. The van der Waals surface area contributed by atoms with E-state index >= 15 is 0 Å². The van der Waals surface area contributed by atoms with Crippen molar-refractivity contribution in [3.8, 4) is 0 Å². The van der Waals surface area contributed by atoms with Crippen LogP contribution in [0.3, 0.4) is 0 Å². The minimum Gasteiger partial charge on any atom is -0.393 e. The van der Waals surface area contributed by atoms with Gasteiger partial charge < -0.3 is 15.3 Å². The molecule has 5 nitrogen and oxygen atoms in total. The summed E-state index contributed by atoms with van der Waals surface area (Å²) in [6.45, 7) is 3.07. The maximum absolute atomic E-state index is 12.2. The standard InChI is InChI=1S/C15H22N2O3S/c1-11(18)12-4-3-9-17(10-12)15(19)16-13-5-7-14(8-6-13)21(2)20/h5-8,11-12,18H,3-4,9-10H2,1-2H3,(H,16,19). The largest absolute Gasteiger partial charge is 0.393 e. The molecule has 2 amide bonds. The van der Waals surface area contributed by atoms with Crippen molar-refractivity contribution >= 4 is 22.5 Å². The summed E-state index contributed by atoms with van der Waals surface area (Å²) in [5.41, 5.74) is 0.688. The highest BCUT2D eigenvalue weighted by molar-refractivity contribution is 7.84. The van der Waals surface area contributed by atoms with Gasteiger partial charge in [0.1, 0.15) is 0 Å². The molecule has 0 saturated carbocycles. The molecule has 1 saturated heterocycles. The number of amides is 2. The van der Waals surface area contributed by atoms with Crippen LogP contribution >= 0.6 is 0 Å². The van der Waals surface area contributed by atoms with Crippen molar-refractivity contribution in [3.63, 3.8) is 0 Å². The van der Waals surface area contributed by atoms with E-state index < -0.39 is 10.8 Å². The topological polar surface area (TPSA) is 69.6 Å². The Labute approximate surface area is 127 Å². The van der Waals surface area contributed by atoms with Crippen LogP contribution in [-0.4, -0.2) is 45.7 Å². The number of anilines is 1. The molecule has 0 radical (unpaired) electrons. The summed E-state index contributed by atoms with van der Waals surface area (Å²) in [5.74, 6) is 0.148. The van der Waals surface area contributed by atoms with Crippen molar-refractivity contribution < 1.29 is 14.1 Å². The average molecular weight is 310 g/mol. The number of aliphatic hydroxyl groups excluding tert-OH is 1. The SMILES string of the molecule is CC(O)C1CCCN(C(=O)Nc2ccc(S(C)=O)cc2)C1. The summed E-state index contributed by atoms with van der Waals surface area (Å²) in [6.07, 6.45) is 3.10. The predicted octanol–water partition coefficient (Wildman–Crippen LogP) is 2.05. The number of carbonyl (C=O) groups excluding carboxylic acids is 1. The third-order valence-electron chi connectivity index (χ3n) is 3.86. The first-order valence-corrected chi connectivity index (χ1v) is 8.70. The van der Waals surface area contributed by atoms with Crippen LogP contribution in [0.4, 0.5) is 10.5 Å². The van der Waals surface area contributed by atoms with Crippen molar-refractivity contribution in [2.45, 2.75) is 30.8 Å². The molecule has 2 rings (SSSR count). The number of likely N-dealkylation sites (tertiary alicyclic amines) is 1. The molecule has 0 aliphatic carbocycles. The molecular weight excluding hydrogens is 288 g/mol. The van der Waals surface area contributed by atoms with E-state index in [4.69, 9.17) is 0 Å². The molecule has 0 aromatic heterocycles. The zero-order chi connectivity index (χ0) is 15.4. The van der Waals surface area contributed by atoms with Gasteiger partial charge in [-0.25, -0.2) is 4.79 Å². The molecule has 1 aliphatic heterocycles. The highest BCUT2D eigenvalue weighted by atomic mass is 32.2. The fourth-order valence-corrected chi connectivity index (χ4v) is 3.04. The first-order valence-electron chi connectivity index (χ1n) is 7.15. The molecule has 116 valence electrons. The number of rotatable bonds is 3. The van der Waals surface area contributed by atoms with Crippen LogP contribution in [0, 0.1) is 5.92 Å². The van der Waals surface area contributed by atoms with Crippen molar-refractivity contribution in [2.75, 3.05) is 24.7 Å². The molecule has 3 atom stereocenters. The van der Waals surface area contributed by atoms with Gasteiger partial charge in [-0.05, 0) is 44.0 Å². The molecule has 0 spiro atoms. The first kappa shape index (κ1) is 16.0. The number of benzene rings is 1. The summed E-state index contributed by atoms with van der Waals surface area (Å²) in [6, 6.07) is 6.86. The quantitative estimate of drug-likeness (QED) is 0.897. The summed E-state index contributed by atoms with van der Waals surface area (Å²) < 4.78 is 11.3. The second kappa shape index (κ2) is 7.04. The molecule has 6 heteroatoms. The van der Waals surface area contributed by atoms with E-state index in [-0.39, 0.29) is 18.1 Å². The van der Waals surface area contributed by atoms with Gasteiger partial charge >= 0.3 is 6.03 Å². The predicted molar refractivity (Wildman–Crippen MR) is 83.8 cm³/mol. The summed E-state index contributed by atoms with van der Waals surface area (Å²) in [7, 11) is -1.02. The van der Waals surface area contributed by atoms with Gasteiger partial charge in [0.05, 0.1) is 6.10 Å². The molecule has 1 aromatic carbocycles. The number of nitrogens with one attached hydrogen (secondary N) is 1. The van der Waals surface area contributed by atoms with Crippen LogP contribution in [0.2, 0.25) is 0 Å². The van der Waals surface area contributed by atoms with Crippen molar-refractivity contribution in [2.24, 2.45) is 5.92 Å². The van der Waals surface area contributed by atoms with Gasteiger partial charge in [0, 0.05) is 46.6 Å². The third-order valence-corrected chi connectivity index (χ3v) is 4.80. The lowest BCUT2D eigenvalue weighted by atomic mass is 9.94. The lowest BCUT2D eigenvalue weighted by molar-refractivity contribution is 0.0766. The van der Waals surface area contributed by atoms with E-state index in [0.29, 0.717) is 18.8 Å². The number of aliphatic hydroxyl groups is 1. The molecule has 0 bridgehead atoms. The fourth-order valence-electron chi connectivity index (χ4n) is 2.52. The third kappa shape index (κ3) is 4.28. The van der Waals surface area contributed by atoms with E-state index in [1.165, 1.54) is 0 Å². The Bertz CT molecular complexity index is 516. The van der Waals surface area contributed by atoms with Crippen LogP contribution in [0.5, 0.6) is 0 Å². The highest BCUT2D eigenvalue weighted by Crippen LogP contribution is 2.21. The smallest absolute Gasteiger partial charge is 0.321 e. The van der Waals surface area contributed by atoms with Gasteiger partial charge in [0.25, 0.3) is 0 Å². The Morgan fingerprint density at radius 3 is 2.67 bits per heavy atom. The fraction of sp³-hybridized carbons (Fsp3) is 0.533. The zero-order valence-electron chi connectivity index (χ0n) is 12.4. The van der Waals surface area contributed by atoms with Crippen molar-refractivity contribution in [1.82, 2.24) is 4.90 Å². The number of urea groups is 1. The van der Waals surface area contributed by atoms with Gasteiger partial charge in [-0.3, -0.25) is 4.21 Å². The molecule has 1 fully saturated rings. The van der Waals surface area contributed by atoms with Crippen molar-refractivity contribution in [1.29, 1.82) is 0 Å². The minimum absolute atomic E-state index is 0.147. The monoisotopic (exact) mass is 310 g/mol. The Morgan fingerprint density at radius 1 is 1.43 bits per heavy atom. The van der Waals surface area contributed by atoms with Crippen LogP contribution in [0.1, 0.15) is 19.8 Å². The van der Waals surface area contributed by atoms with Gasteiger partial charge in [0.15, 0.2) is 0 Å². The lowest BCUT2D eigenvalue weighted by Gasteiger charge is -2.34. The van der Waals surface area contributed by atoms with E-state index in [2.05, 4.69) is 5.32 Å². The van der Waals surface area contributed by atoms with Gasteiger partial charge in [0.2, 0.25) is 0 Å². The molecular formula is C15H22N2O3S. The van der Waals surface area contributed by atoms with Gasteiger partial charge in [-0.15, -0.1) is 0 Å². The average Bonchev–Trinajstić information content (AvgIpc) is 2.48. The van der Waals surface area contributed by atoms with Gasteiger partial charge in [-0.2, -0.15) is 0 Å². The van der Waals surface area contributed by atoms with E-state index in [1.54, 1.807) is 42.3 Å². The summed E-state index contributed by atoms with van der Waals surface area (Å²) >= 11 is 0. The van der Waals surface area contributed by atoms with Crippen LogP contribution in [-0.2, 0) is 10.8 Å². The van der Waals surface area contributed by atoms with Crippen LogP contribution < -0.4 is 5.32 Å². The number of carbonyl (C=O) groups is 1.